The molecular formula is C21H21NO6. The molecule has 28 heavy (non-hydrogen) atoms. The van der Waals surface area contributed by atoms with Gasteiger partial charge in [-0.1, -0.05) is 0 Å². The molecule has 7 heteroatoms. The van der Waals surface area contributed by atoms with Gasteiger partial charge in [-0.15, -0.1) is 0 Å². The quantitative estimate of drug-likeness (QED) is 0.485. The van der Waals surface area contributed by atoms with Crippen LogP contribution < -0.4 is 4.74 Å². The molecule has 1 saturated heterocycles. The molecular weight excluding hydrogens is 362 g/mol. The zero-order valence-corrected chi connectivity index (χ0v) is 15.7. The third kappa shape index (κ3) is 2.97. The highest BCUT2D eigenvalue weighted by atomic mass is 16.5. The highest BCUT2D eigenvalue weighted by molar-refractivity contribution is 6.46. The lowest BCUT2D eigenvalue weighted by molar-refractivity contribution is -0.140. The number of aliphatic hydroxyl groups excluding tert-OH is 1. The summed E-state index contributed by atoms with van der Waals surface area (Å²) in [4.78, 5) is 26.8. The molecule has 1 fully saturated rings. The standard InChI is InChI=1S/C21H21NO6/c1-12-3-5-16(28-12)18-17(20(24)21(25)22(18)8-10-26-2)19(23)14-4-6-15-13(11-14)7-9-27-15/h3-6,11,18,23H,7-10H2,1-2H3/b19-17-. The number of methoxy groups -OCH3 is 1. The SMILES string of the molecule is COCCN1C(=O)C(=O)/C(=C(\O)c2ccc3c(c2)CCO3)C1c1ccc(C)o1. The smallest absolute Gasteiger partial charge is 0.295 e. The van der Waals surface area contributed by atoms with E-state index in [1.165, 1.54) is 12.0 Å². The van der Waals surface area contributed by atoms with E-state index in [2.05, 4.69) is 0 Å². The summed E-state index contributed by atoms with van der Waals surface area (Å²) in [5, 5.41) is 11.0. The number of rotatable bonds is 5. The predicted molar refractivity (Wildman–Crippen MR) is 100.0 cm³/mol. The zero-order chi connectivity index (χ0) is 19.8. The maximum Gasteiger partial charge on any atom is 0.295 e. The summed E-state index contributed by atoms with van der Waals surface area (Å²) in [7, 11) is 1.52. The number of ether oxygens (including phenoxy) is 2. The lowest BCUT2D eigenvalue weighted by Crippen LogP contribution is -2.32. The Hall–Kier alpha value is -3.06. The largest absolute Gasteiger partial charge is 0.507 e. The van der Waals surface area contributed by atoms with Crippen molar-refractivity contribution >= 4 is 17.4 Å². The maximum absolute atomic E-state index is 12.8. The number of nitrogens with zero attached hydrogens (tertiary/aromatic N) is 1. The molecule has 1 aromatic heterocycles. The number of hydrogen-bond acceptors (Lipinski definition) is 6. The van der Waals surface area contributed by atoms with Crippen molar-refractivity contribution in [2.45, 2.75) is 19.4 Å². The summed E-state index contributed by atoms with van der Waals surface area (Å²) in [5.74, 6) is 0.231. The van der Waals surface area contributed by atoms with Crippen LogP contribution in [-0.2, 0) is 20.7 Å². The number of likely N-dealkylation sites (tertiary alicyclic amines) is 1. The molecule has 1 aromatic carbocycles. The Morgan fingerprint density at radius 2 is 2.11 bits per heavy atom. The number of benzene rings is 1. The van der Waals surface area contributed by atoms with E-state index in [4.69, 9.17) is 13.9 Å². The lowest BCUT2D eigenvalue weighted by Gasteiger charge is -2.22. The summed E-state index contributed by atoms with van der Waals surface area (Å²) < 4.78 is 16.3. The number of ketones is 1. The molecule has 2 aliphatic rings. The van der Waals surface area contributed by atoms with Crippen LogP contribution in [0.4, 0.5) is 0 Å². The van der Waals surface area contributed by atoms with Gasteiger partial charge in [-0.25, -0.2) is 0 Å². The van der Waals surface area contributed by atoms with E-state index in [-0.39, 0.29) is 24.5 Å². The van der Waals surface area contributed by atoms with Gasteiger partial charge in [0.05, 0.1) is 18.8 Å². The van der Waals surface area contributed by atoms with Crippen LogP contribution in [0.1, 0.15) is 28.7 Å². The molecule has 0 radical (unpaired) electrons. The van der Waals surface area contributed by atoms with Gasteiger partial charge in [0.25, 0.3) is 11.7 Å². The van der Waals surface area contributed by atoms with Crippen molar-refractivity contribution in [3.05, 3.63) is 58.6 Å². The Kier molecular flexibility index (Phi) is 4.68. The first kappa shape index (κ1) is 18.3. The average molecular weight is 383 g/mol. The van der Waals surface area contributed by atoms with Crippen LogP contribution in [0.25, 0.3) is 5.76 Å². The Labute approximate surface area is 162 Å². The topological polar surface area (TPSA) is 89.2 Å². The number of hydrogen-bond donors (Lipinski definition) is 1. The minimum absolute atomic E-state index is 0.0225. The van der Waals surface area contributed by atoms with Crippen molar-refractivity contribution in [3.8, 4) is 5.75 Å². The molecule has 0 aliphatic carbocycles. The van der Waals surface area contributed by atoms with Crippen molar-refractivity contribution in [2.75, 3.05) is 26.9 Å². The van der Waals surface area contributed by atoms with E-state index in [9.17, 15) is 14.7 Å². The molecule has 2 aliphatic heterocycles. The second kappa shape index (κ2) is 7.16. The van der Waals surface area contributed by atoms with Gasteiger partial charge in [0, 0.05) is 25.6 Å². The Morgan fingerprint density at radius 1 is 1.29 bits per heavy atom. The van der Waals surface area contributed by atoms with Gasteiger partial charge in [0.1, 0.15) is 29.1 Å². The first-order valence-corrected chi connectivity index (χ1v) is 9.11. The maximum atomic E-state index is 12.8. The van der Waals surface area contributed by atoms with E-state index < -0.39 is 17.7 Å². The second-order valence-corrected chi connectivity index (χ2v) is 6.85. The van der Waals surface area contributed by atoms with Gasteiger partial charge < -0.3 is 23.9 Å². The number of aliphatic hydroxyl groups is 1. The molecule has 7 nitrogen and oxygen atoms in total. The third-order valence-electron chi connectivity index (χ3n) is 5.07. The molecule has 0 saturated carbocycles. The fourth-order valence-corrected chi connectivity index (χ4v) is 3.69. The first-order chi connectivity index (χ1) is 13.5. The number of fused-ring (bicyclic) bond motifs is 1. The fraction of sp³-hybridized carbons (Fsp3) is 0.333. The average Bonchev–Trinajstić information content (AvgIpc) is 3.38. The van der Waals surface area contributed by atoms with Gasteiger partial charge in [0.2, 0.25) is 0 Å². The second-order valence-electron chi connectivity index (χ2n) is 6.85. The number of amides is 1. The summed E-state index contributed by atoms with van der Waals surface area (Å²) in [6.45, 7) is 2.84. The van der Waals surface area contributed by atoms with Crippen LogP contribution in [0.3, 0.4) is 0 Å². The number of carbonyl (C=O) groups excluding carboxylic acids is 2. The van der Waals surface area contributed by atoms with E-state index in [0.29, 0.717) is 23.7 Å². The minimum Gasteiger partial charge on any atom is -0.507 e. The van der Waals surface area contributed by atoms with Gasteiger partial charge in [-0.2, -0.15) is 0 Å². The van der Waals surface area contributed by atoms with Crippen LogP contribution in [0, 0.1) is 6.92 Å². The summed E-state index contributed by atoms with van der Waals surface area (Å²) >= 11 is 0. The van der Waals surface area contributed by atoms with Gasteiger partial charge in [-0.05, 0) is 42.8 Å². The van der Waals surface area contributed by atoms with E-state index in [1.807, 2.05) is 0 Å². The zero-order valence-electron chi connectivity index (χ0n) is 15.7. The normalized spacial score (nSPS) is 20.5. The lowest BCUT2D eigenvalue weighted by atomic mass is 9.98. The van der Waals surface area contributed by atoms with Crippen LogP contribution in [-0.4, -0.2) is 48.6 Å². The van der Waals surface area contributed by atoms with Crippen LogP contribution in [0.15, 0.2) is 40.3 Å². The molecule has 3 heterocycles. The Morgan fingerprint density at radius 3 is 2.82 bits per heavy atom. The van der Waals surface area contributed by atoms with Crippen molar-refractivity contribution in [2.24, 2.45) is 0 Å². The van der Waals surface area contributed by atoms with Gasteiger partial charge in [-0.3, -0.25) is 9.59 Å². The number of Topliss-reactive ketones (excluding diaryl/α,β-unsaturated/α-hetero) is 1. The van der Waals surface area contributed by atoms with Crippen LogP contribution in [0.5, 0.6) is 5.75 Å². The van der Waals surface area contributed by atoms with Crippen molar-refractivity contribution in [1.29, 1.82) is 0 Å². The molecule has 2 aromatic rings. The summed E-state index contributed by atoms with van der Waals surface area (Å²) in [6, 6.07) is 7.93. The van der Waals surface area contributed by atoms with Crippen LogP contribution >= 0.6 is 0 Å². The Balaban J connectivity index is 1.83. The molecule has 1 atom stereocenters. The molecule has 0 spiro atoms. The minimum atomic E-state index is -0.798. The molecule has 1 amide bonds. The molecule has 146 valence electrons. The van der Waals surface area contributed by atoms with Crippen molar-refractivity contribution in [3.63, 3.8) is 0 Å². The van der Waals surface area contributed by atoms with Crippen molar-refractivity contribution < 1.29 is 28.6 Å². The highest BCUT2D eigenvalue weighted by Gasteiger charge is 2.47. The van der Waals surface area contributed by atoms with E-state index >= 15 is 0 Å². The van der Waals surface area contributed by atoms with Gasteiger partial charge in [0.15, 0.2) is 0 Å². The molecule has 4 rings (SSSR count). The van der Waals surface area contributed by atoms with Crippen LogP contribution in [0.2, 0.25) is 0 Å². The number of furan rings is 1. The Bertz CT molecular complexity index is 973. The van der Waals surface area contributed by atoms with E-state index in [1.54, 1.807) is 37.3 Å². The fourth-order valence-electron chi connectivity index (χ4n) is 3.69. The highest BCUT2D eigenvalue weighted by Crippen LogP contribution is 2.40. The van der Waals surface area contributed by atoms with Crippen molar-refractivity contribution in [1.82, 2.24) is 4.90 Å². The summed E-state index contributed by atoms with van der Waals surface area (Å²) in [6.07, 6.45) is 0.736. The molecule has 0 bridgehead atoms. The monoisotopic (exact) mass is 383 g/mol. The van der Waals surface area contributed by atoms with E-state index in [0.717, 1.165) is 17.7 Å². The molecule has 1 N–H and O–H groups in total. The molecule has 1 unspecified atom stereocenters. The predicted octanol–water partition coefficient (Wildman–Crippen LogP) is 2.59. The first-order valence-electron chi connectivity index (χ1n) is 9.11. The van der Waals surface area contributed by atoms with Gasteiger partial charge >= 0.3 is 0 Å². The number of aryl methyl sites for hydroxylation is 1. The summed E-state index contributed by atoms with van der Waals surface area (Å²) in [5.41, 5.74) is 1.46. The third-order valence-corrected chi connectivity index (χ3v) is 5.07. The number of carbonyl (C=O) groups is 2.